The van der Waals surface area contributed by atoms with Gasteiger partial charge in [-0.15, -0.1) is 0 Å². The van der Waals surface area contributed by atoms with Crippen LogP contribution in [0, 0.1) is 11.3 Å². The zero-order chi connectivity index (χ0) is 36.9. The minimum atomic E-state index is -0.864. The molecule has 2 aliphatic heterocycles. The first-order chi connectivity index (χ1) is 25.8. The van der Waals surface area contributed by atoms with E-state index in [2.05, 4.69) is 16.7 Å². The second-order valence-corrected chi connectivity index (χ2v) is 13.7. The van der Waals surface area contributed by atoms with Crippen LogP contribution in [0.3, 0.4) is 0 Å². The zero-order valence-corrected chi connectivity index (χ0v) is 30.2. The number of fused-ring (bicyclic) bond motifs is 2. The van der Waals surface area contributed by atoms with Gasteiger partial charge < -0.3 is 29.6 Å². The Balaban J connectivity index is 0.949. The van der Waals surface area contributed by atoms with Crippen LogP contribution >= 0.6 is 23.2 Å². The first kappa shape index (κ1) is 35.9. The average molecular weight is 749 g/mol. The molecule has 0 bridgehead atoms. The lowest BCUT2D eigenvalue weighted by atomic mass is 9.94. The highest BCUT2D eigenvalue weighted by Crippen LogP contribution is 2.40. The Morgan fingerprint density at radius 3 is 2.28 bits per heavy atom. The van der Waals surface area contributed by atoms with Gasteiger partial charge in [-0.1, -0.05) is 77.8 Å². The van der Waals surface area contributed by atoms with Crippen LogP contribution in [0.1, 0.15) is 39.5 Å². The van der Waals surface area contributed by atoms with E-state index < -0.39 is 18.1 Å². The number of esters is 1. The molecule has 2 heterocycles. The molecule has 53 heavy (non-hydrogen) atoms. The fourth-order valence-corrected chi connectivity index (χ4v) is 6.74. The first-order valence-electron chi connectivity index (χ1n) is 17.1. The summed E-state index contributed by atoms with van der Waals surface area (Å²) in [5.41, 5.74) is 7.27. The largest absolute Gasteiger partial charge is 0.489 e. The van der Waals surface area contributed by atoms with Gasteiger partial charge in [-0.05, 0) is 93.9 Å². The number of amides is 1. The molecule has 1 amide bonds. The van der Waals surface area contributed by atoms with Crippen molar-refractivity contribution < 1.29 is 28.5 Å². The molecule has 0 saturated heterocycles. The van der Waals surface area contributed by atoms with E-state index in [1.165, 1.54) is 7.11 Å². The number of carbonyl (C=O) groups is 2. The maximum atomic E-state index is 13.5. The lowest BCUT2D eigenvalue weighted by Crippen LogP contribution is -2.53. The lowest BCUT2D eigenvalue weighted by molar-refractivity contribution is -0.145. The topological polar surface area (TPSA) is 119 Å². The molecule has 268 valence electrons. The minimum absolute atomic E-state index is 0.268. The van der Waals surface area contributed by atoms with Crippen LogP contribution < -0.4 is 24.8 Å². The molecule has 0 radical (unpaired) electrons. The molecule has 0 aromatic heterocycles. The first-order valence-corrected chi connectivity index (χ1v) is 17.8. The van der Waals surface area contributed by atoms with E-state index in [4.69, 9.17) is 47.4 Å². The van der Waals surface area contributed by atoms with E-state index in [1.54, 1.807) is 24.3 Å². The Hall–Kier alpha value is -5.53. The average Bonchev–Trinajstić information content (AvgIpc) is 3.20. The summed E-state index contributed by atoms with van der Waals surface area (Å²) in [5, 5.41) is 16.3. The summed E-state index contributed by atoms with van der Waals surface area (Å²) < 4.78 is 23.5. The highest BCUT2D eigenvalue weighted by molar-refractivity contribution is 6.42. The number of ether oxygens (including phenoxy) is 4. The normalized spacial score (nSPS) is 16.4. The molecular weight excluding hydrogens is 713 g/mol. The van der Waals surface area contributed by atoms with Gasteiger partial charge in [-0.25, -0.2) is 4.79 Å². The molecule has 2 N–H and O–H groups in total. The maximum absolute atomic E-state index is 13.5. The van der Waals surface area contributed by atoms with Crippen molar-refractivity contribution in [2.45, 2.75) is 44.2 Å². The van der Waals surface area contributed by atoms with Crippen molar-refractivity contribution in [2.75, 3.05) is 13.7 Å². The molecule has 2 aliphatic rings. The van der Waals surface area contributed by atoms with Gasteiger partial charge in [0, 0.05) is 13.0 Å². The number of hydrogen-bond donors (Lipinski definition) is 2. The number of rotatable bonds is 10. The molecule has 3 atom stereocenters. The number of hydrogen-bond acceptors (Lipinski definition) is 8. The molecule has 0 aliphatic carbocycles. The maximum Gasteiger partial charge on any atom is 0.328 e. The molecule has 1 unspecified atom stereocenters. The van der Waals surface area contributed by atoms with Crippen molar-refractivity contribution in [1.82, 2.24) is 10.6 Å². The highest BCUT2D eigenvalue weighted by Gasteiger charge is 2.31. The van der Waals surface area contributed by atoms with Gasteiger partial charge in [0.2, 0.25) is 5.91 Å². The summed E-state index contributed by atoms with van der Waals surface area (Å²) in [6.07, 6.45) is 0.379. The number of nitrogens with one attached hydrogen (secondary N) is 2. The number of carbonyl (C=O) groups excluding carboxylic acids is 2. The smallest absolute Gasteiger partial charge is 0.328 e. The molecular formula is C42H35Cl2N3O6. The summed E-state index contributed by atoms with van der Waals surface area (Å²) in [5.74, 6) is 1.16. The summed E-state index contributed by atoms with van der Waals surface area (Å²) >= 11 is 12.1. The molecule has 5 aromatic rings. The van der Waals surface area contributed by atoms with E-state index >= 15 is 0 Å². The quantitative estimate of drug-likeness (QED) is 0.141. The highest BCUT2D eigenvalue weighted by atomic mass is 35.5. The third kappa shape index (κ3) is 8.42. The summed E-state index contributed by atoms with van der Waals surface area (Å²) in [6.45, 7) is 1.13. The Bertz CT molecular complexity index is 2170. The summed E-state index contributed by atoms with van der Waals surface area (Å²) in [7, 11) is 1.31. The van der Waals surface area contributed by atoms with Crippen LogP contribution in [-0.2, 0) is 40.3 Å². The Kier molecular flexibility index (Phi) is 10.8. The van der Waals surface area contributed by atoms with Gasteiger partial charge in [0.1, 0.15) is 25.0 Å². The zero-order valence-electron chi connectivity index (χ0n) is 28.7. The van der Waals surface area contributed by atoms with Crippen molar-refractivity contribution in [2.24, 2.45) is 0 Å². The second-order valence-electron chi connectivity index (χ2n) is 12.9. The fraction of sp³-hybridized carbons (Fsp3) is 0.214. The van der Waals surface area contributed by atoms with Crippen LogP contribution in [0.2, 0.25) is 10.0 Å². The van der Waals surface area contributed by atoms with Crippen molar-refractivity contribution in [1.29, 1.82) is 5.26 Å². The number of nitrogens with zero attached hydrogens (tertiary/aromatic N) is 1. The molecule has 9 nitrogen and oxygen atoms in total. The summed E-state index contributed by atoms with van der Waals surface area (Å²) in [6, 6.07) is 32.8. The van der Waals surface area contributed by atoms with Crippen LogP contribution in [0.25, 0.3) is 11.1 Å². The fourth-order valence-electron chi connectivity index (χ4n) is 6.42. The van der Waals surface area contributed by atoms with Gasteiger partial charge in [0.25, 0.3) is 0 Å². The van der Waals surface area contributed by atoms with Crippen LogP contribution in [-0.4, -0.2) is 37.7 Å². The Labute approximate surface area is 317 Å². The molecule has 11 heteroatoms. The van der Waals surface area contributed by atoms with E-state index in [0.29, 0.717) is 59.0 Å². The number of halogens is 2. The predicted molar refractivity (Wildman–Crippen MR) is 201 cm³/mol. The van der Waals surface area contributed by atoms with Gasteiger partial charge >= 0.3 is 5.97 Å². The monoisotopic (exact) mass is 747 g/mol. The lowest BCUT2D eigenvalue weighted by Gasteiger charge is -2.31. The van der Waals surface area contributed by atoms with Gasteiger partial charge in [-0.2, -0.15) is 5.26 Å². The number of benzene rings is 5. The van der Waals surface area contributed by atoms with Crippen molar-refractivity contribution in [3.63, 3.8) is 0 Å². The van der Waals surface area contributed by atoms with E-state index in [0.717, 1.165) is 38.9 Å². The minimum Gasteiger partial charge on any atom is -0.489 e. The second kappa shape index (κ2) is 16.0. The molecule has 5 aromatic carbocycles. The van der Waals surface area contributed by atoms with Crippen LogP contribution in [0.5, 0.6) is 17.2 Å². The van der Waals surface area contributed by atoms with Crippen LogP contribution in [0.15, 0.2) is 103 Å². The van der Waals surface area contributed by atoms with Crippen molar-refractivity contribution in [3.8, 4) is 34.4 Å². The van der Waals surface area contributed by atoms with Gasteiger partial charge in [0.05, 0.1) is 34.8 Å². The molecule has 0 fully saturated rings. The Morgan fingerprint density at radius 2 is 1.58 bits per heavy atom. The SMILES string of the molecule is COC(=O)C(Cc1ccc(-c2ccc(C#N)cc2)cc1)NC(=O)[C@@H]1Cc2cc3c(cc2CN1)O[C@H](c1ccc(OCc2ccc(Cl)c(Cl)c2)cc1)CO3. The standard InChI is InChI=1S/C42H35Cl2N3O6/c1-50-42(49)37(17-25-2-7-28(8-3-25)29-9-4-26(21-45)5-10-29)47-41(48)36-18-31-19-38-39(20-32(31)22-46-36)53-40(24-52-38)30-11-13-33(14-12-30)51-23-27-6-15-34(43)35(44)16-27/h2-16,19-20,36-37,40,46H,17-18,22-24H2,1H3,(H,47,48)/t36-,37?,40-/m0/s1. The van der Waals surface area contributed by atoms with Crippen LogP contribution in [0.4, 0.5) is 0 Å². The van der Waals surface area contributed by atoms with Crippen molar-refractivity contribution in [3.05, 3.63) is 147 Å². The third-order valence-electron chi connectivity index (χ3n) is 9.39. The Morgan fingerprint density at radius 1 is 0.887 bits per heavy atom. The number of nitriles is 1. The van der Waals surface area contributed by atoms with E-state index in [1.807, 2.05) is 78.9 Å². The van der Waals surface area contributed by atoms with Gasteiger partial charge in [-0.3, -0.25) is 4.79 Å². The summed E-state index contributed by atoms with van der Waals surface area (Å²) in [4.78, 5) is 26.3. The predicted octanol–water partition coefficient (Wildman–Crippen LogP) is 7.54. The van der Waals surface area contributed by atoms with E-state index in [-0.39, 0.29) is 18.4 Å². The van der Waals surface area contributed by atoms with Gasteiger partial charge in [0.15, 0.2) is 17.6 Å². The van der Waals surface area contributed by atoms with Crippen molar-refractivity contribution >= 4 is 35.1 Å². The van der Waals surface area contributed by atoms with E-state index in [9.17, 15) is 9.59 Å². The molecule has 7 rings (SSSR count). The third-order valence-corrected chi connectivity index (χ3v) is 10.1. The number of methoxy groups -OCH3 is 1. The molecule has 0 spiro atoms. The molecule has 0 saturated carbocycles.